The molecule has 0 atom stereocenters. The number of nitrogens with one attached hydrogen (secondary N) is 2. The van der Waals surface area contributed by atoms with Crippen LogP contribution in [0.2, 0.25) is 0 Å². The minimum atomic E-state index is 0.0675. The Kier molecular flexibility index (Phi) is 7.19. The van der Waals surface area contributed by atoms with Crippen LogP contribution in [-0.4, -0.2) is 55.9 Å². The van der Waals surface area contributed by atoms with Crippen molar-refractivity contribution in [3.8, 4) is 35.4 Å². The van der Waals surface area contributed by atoms with E-state index in [0.717, 1.165) is 61.3 Å². The summed E-state index contributed by atoms with van der Waals surface area (Å²) in [5, 5.41) is 7.28. The lowest BCUT2D eigenvalue weighted by atomic mass is 9.67. The molecule has 6 heterocycles. The Morgan fingerprint density at radius 1 is 0.675 bits per heavy atom. The normalized spacial score (nSPS) is 28.3. The van der Waals surface area contributed by atoms with E-state index in [2.05, 4.69) is 51.8 Å². The van der Waals surface area contributed by atoms with Crippen molar-refractivity contribution in [2.75, 3.05) is 26.3 Å². The highest BCUT2D eigenvalue weighted by Crippen LogP contribution is 2.46. The lowest BCUT2D eigenvalue weighted by molar-refractivity contribution is 0.162. The Morgan fingerprint density at radius 3 is 1.48 bits per heavy atom. The SMILES string of the molecule is C(#Cc1ccc(C#CCOc2nsnc2C23CCC(CC2)NC3)cc1)COc1nsnc1C12CCC(CC1)NC2. The number of ether oxygens (including phenoxy) is 2. The Bertz CT molecular complexity index is 1320. The first kappa shape index (κ1) is 25.9. The van der Waals surface area contributed by atoms with Crippen molar-refractivity contribution in [1.82, 2.24) is 28.1 Å². The van der Waals surface area contributed by atoms with Gasteiger partial charge in [-0.15, -0.1) is 8.75 Å². The first-order valence-corrected chi connectivity index (χ1v) is 15.6. The lowest BCUT2D eigenvalue weighted by Gasteiger charge is -2.46. The van der Waals surface area contributed by atoms with Crippen LogP contribution in [0.4, 0.5) is 0 Å². The molecule has 10 heteroatoms. The summed E-state index contributed by atoms with van der Waals surface area (Å²) in [5.41, 5.74) is 4.00. The molecule has 4 aliphatic heterocycles. The van der Waals surface area contributed by atoms with Crippen LogP contribution >= 0.6 is 23.5 Å². The molecule has 8 nitrogen and oxygen atoms in total. The Morgan fingerprint density at radius 2 is 1.10 bits per heavy atom. The highest BCUT2D eigenvalue weighted by Gasteiger charge is 2.46. The van der Waals surface area contributed by atoms with Crippen LogP contribution in [0.15, 0.2) is 24.3 Å². The van der Waals surface area contributed by atoms with Gasteiger partial charge in [0, 0.05) is 47.1 Å². The second-order valence-electron chi connectivity index (χ2n) is 11.5. The molecule has 2 aliphatic carbocycles. The van der Waals surface area contributed by atoms with E-state index in [-0.39, 0.29) is 24.0 Å². The second-order valence-corrected chi connectivity index (χ2v) is 12.5. The Hall–Kier alpha value is -3.02. The average molecular weight is 573 g/mol. The predicted octanol–water partition coefficient (Wildman–Crippen LogP) is 3.82. The molecule has 0 spiro atoms. The first-order valence-electron chi connectivity index (χ1n) is 14.2. The van der Waals surface area contributed by atoms with Gasteiger partial charge in [0.15, 0.2) is 13.2 Å². The van der Waals surface area contributed by atoms with Crippen LogP contribution in [0.3, 0.4) is 0 Å². The minimum absolute atomic E-state index is 0.0675. The number of hydrogen-bond donors (Lipinski definition) is 2. The summed E-state index contributed by atoms with van der Waals surface area (Å²) >= 11 is 2.46. The molecule has 0 amide bonds. The summed E-state index contributed by atoms with van der Waals surface area (Å²) in [7, 11) is 0. The van der Waals surface area contributed by atoms with E-state index >= 15 is 0 Å². The third kappa shape index (κ3) is 5.10. The molecular formula is C30H32N6O2S2. The van der Waals surface area contributed by atoms with Gasteiger partial charge in [0.05, 0.1) is 23.5 Å². The fourth-order valence-corrected chi connectivity index (χ4v) is 7.96. The maximum atomic E-state index is 5.97. The summed E-state index contributed by atoms with van der Waals surface area (Å²) in [5.74, 6) is 13.9. The molecule has 6 fully saturated rings. The summed E-state index contributed by atoms with van der Waals surface area (Å²) in [4.78, 5) is 0. The number of fused-ring (bicyclic) bond motifs is 6. The van der Waals surface area contributed by atoms with E-state index in [0.29, 0.717) is 23.8 Å². The van der Waals surface area contributed by atoms with Gasteiger partial charge in [0.2, 0.25) is 0 Å². The number of piperidine rings is 4. The number of rotatable bonds is 6. The smallest absolute Gasteiger partial charge is 0.250 e. The standard InChI is InChI=1S/C30H32N6O2S2/c1(17-37-27-25(33-39-35-27)29-13-9-23(10-14-29)31-19-29)3-21-5-7-22(8-6-21)4-2-18-38-28-26(34-40-36-28)30-15-11-24(12-16-30)32-20-30/h5-8,23-24,31-32H,9-20H2. The Labute approximate surface area is 243 Å². The van der Waals surface area contributed by atoms with Crippen LogP contribution < -0.4 is 20.1 Å². The van der Waals surface area contributed by atoms with E-state index in [1.54, 1.807) is 0 Å². The molecule has 1 aromatic carbocycles. The van der Waals surface area contributed by atoms with Gasteiger partial charge in [0.1, 0.15) is 11.4 Å². The zero-order valence-electron chi connectivity index (χ0n) is 22.4. The zero-order chi connectivity index (χ0) is 26.8. The molecule has 0 unspecified atom stereocenters. The largest absolute Gasteiger partial charge is 0.463 e. The number of hydrogen-bond acceptors (Lipinski definition) is 10. The molecule has 2 saturated carbocycles. The van der Waals surface area contributed by atoms with Crippen molar-refractivity contribution in [3.63, 3.8) is 0 Å². The topological polar surface area (TPSA) is 94.1 Å². The van der Waals surface area contributed by atoms with Crippen molar-refractivity contribution in [3.05, 3.63) is 46.8 Å². The van der Waals surface area contributed by atoms with E-state index in [1.165, 1.54) is 49.1 Å². The predicted molar refractivity (Wildman–Crippen MR) is 155 cm³/mol. The van der Waals surface area contributed by atoms with Crippen molar-refractivity contribution in [2.45, 2.75) is 74.3 Å². The molecule has 2 aromatic heterocycles. The maximum Gasteiger partial charge on any atom is 0.250 e. The molecule has 6 aliphatic rings. The summed E-state index contributed by atoms with van der Waals surface area (Å²) in [6.07, 6.45) is 9.42. The van der Waals surface area contributed by atoms with Crippen LogP contribution in [-0.2, 0) is 10.8 Å². The van der Waals surface area contributed by atoms with Gasteiger partial charge < -0.3 is 20.1 Å². The molecule has 206 valence electrons. The molecule has 40 heavy (non-hydrogen) atoms. The van der Waals surface area contributed by atoms with E-state index in [1.807, 2.05) is 24.3 Å². The molecule has 9 rings (SSSR count). The van der Waals surface area contributed by atoms with Crippen molar-refractivity contribution in [2.24, 2.45) is 0 Å². The van der Waals surface area contributed by atoms with Gasteiger partial charge in [-0.2, -0.15) is 8.75 Å². The van der Waals surface area contributed by atoms with E-state index in [4.69, 9.17) is 9.47 Å². The molecule has 0 radical (unpaired) electrons. The van der Waals surface area contributed by atoms with E-state index < -0.39 is 0 Å². The van der Waals surface area contributed by atoms with Crippen LogP contribution in [0.5, 0.6) is 11.8 Å². The summed E-state index contributed by atoms with van der Waals surface area (Å²) < 4.78 is 30.0. The van der Waals surface area contributed by atoms with Crippen LogP contribution in [0.25, 0.3) is 0 Å². The molecule has 3 aromatic rings. The van der Waals surface area contributed by atoms with Crippen LogP contribution in [0, 0.1) is 23.7 Å². The van der Waals surface area contributed by atoms with Gasteiger partial charge in [0.25, 0.3) is 11.8 Å². The van der Waals surface area contributed by atoms with Gasteiger partial charge in [-0.3, -0.25) is 0 Å². The van der Waals surface area contributed by atoms with Crippen LogP contribution in [0.1, 0.15) is 73.9 Å². The minimum Gasteiger partial charge on any atom is -0.463 e. The fraction of sp³-hybridized carbons (Fsp3) is 0.533. The van der Waals surface area contributed by atoms with Gasteiger partial charge in [-0.05, 0) is 75.6 Å². The quantitative estimate of drug-likeness (QED) is 0.431. The molecule has 2 N–H and O–H groups in total. The van der Waals surface area contributed by atoms with Gasteiger partial charge in [-0.25, -0.2) is 0 Å². The molecular weight excluding hydrogens is 541 g/mol. The molecule has 4 bridgehead atoms. The maximum absolute atomic E-state index is 5.97. The Balaban J connectivity index is 0.913. The monoisotopic (exact) mass is 572 g/mol. The first-order chi connectivity index (χ1) is 19.7. The lowest BCUT2D eigenvalue weighted by Crippen LogP contribution is -2.54. The van der Waals surface area contributed by atoms with Gasteiger partial charge >= 0.3 is 0 Å². The third-order valence-electron chi connectivity index (χ3n) is 9.18. The number of nitrogens with zero attached hydrogens (tertiary/aromatic N) is 4. The van der Waals surface area contributed by atoms with Gasteiger partial charge in [-0.1, -0.05) is 23.7 Å². The number of benzene rings is 1. The van der Waals surface area contributed by atoms with Crippen molar-refractivity contribution >= 4 is 23.5 Å². The van der Waals surface area contributed by atoms with Crippen molar-refractivity contribution in [1.29, 1.82) is 0 Å². The highest BCUT2D eigenvalue weighted by atomic mass is 32.1. The second kappa shape index (κ2) is 11.1. The van der Waals surface area contributed by atoms with Crippen molar-refractivity contribution < 1.29 is 9.47 Å². The summed E-state index contributed by atoms with van der Waals surface area (Å²) in [6, 6.07) is 9.25. The average Bonchev–Trinajstić information content (AvgIpc) is 3.71. The summed E-state index contributed by atoms with van der Waals surface area (Å²) in [6.45, 7) is 2.51. The van der Waals surface area contributed by atoms with E-state index in [9.17, 15) is 0 Å². The zero-order valence-corrected chi connectivity index (χ0v) is 24.0. The fourth-order valence-electron chi connectivity index (χ4n) is 6.74. The highest BCUT2D eigenvalue weighted by molar-refractivity contribution is 6.99. The third-order valence-corrected chi connectivity index (χ3v) is 10.2. The molecule has 4 saturated heterocycles. The number of aromatic nitrogens is 4.